The third-order valence-corrected chi connectivity index (χ3v) is 2.20. The van der Waals surface area contributed by atoms with Gasteiger partial charge in [-0.25, -0.2) is 4.98 Å². The zero-order valence-corrected chi connectivity index (χ0v) is 8.94. The smallest absolute Gasteiger partial charge is 0.127 e. The largest absolute Gasteiger partial charge is 0.383 e. The van der Waals surface area contributed by atoms with Crippen LogP contribution in [0.5, 0.6) is 0 Å². The summed E-state index contributed by atoms with van der Waals surface area (Å²) in [5.74, 6) is 0.477. The van der Waals surface area contributed by atoms with E-state index in [4.69, 9.17) is 17.3 Å². The van der Waals surface area contributed by atoms with Crippen molar-refractivity contribution in [1.29, 1.82) is 0 Å². The highest BCUT2D eigenvalue weighted by molar-refractivity contribution is 6.30. The average Bonchev–Trinajstić information content (AvgIpc) is 2.58. The number of pyridine rings is 1. The van der Waals surface area contributed by atoms with Crippen molar-refractivity contribution in [2.24, 2.45) is 7.05 Å². The number of halogens is 1. The molecule has 5 nitrogen and oxygen atoms in total. The third kappa shape index (κ3) is 2.24. The summed E-state index contributed by atoms with van der Waals surface area (Å²) in [6, 6.07) is 1.79. The standard InChI is InChI=1S/C9H10ClN5/c1-15-5-8(13-14-15)3-6-2-7(10)4-12-9(6)11/h2,4-5H,3H2,1H3,(H2,11,12). The van der Waals surface area contributed by atoms with Crippen molar-refractivity contribution in [2.45, 2.75) is 6.42 Å². The van der Waals surface area contributed by atoms with Gasteiger partial charge in [0.05, 0.1) is 10.7 Å². The number of aryl methyl sites for hydroxylation is 1. The minimum Gasteiger partial charge on any atom is -0.383 e. The summed E-state index contributed by atoms with van der Waals surface area (Å²) < 4.78 is 1.64. The Bertz CT molecular complexity index is 479. The van der Waals surface area contributed by atoms with Gasteiger partial charge in [0.15, 0.2) is 0 Å². The van der Waals surface area contributed by atoms with Crippen molar-refractivity contribution in [2.75, 3.05) is 5.73 Å². The SMILES string of the molecule is Cn1cc(Cc2cc(Cl)cnc2N)nn1. The highest BCUT2D eigenvalue weighted by atomic mass is 35.5. The Balaban J connectivity index is 2.27. The van der Waals surface area contributed by atoms with Crippen LogP contribution in [0.15, 0.2) is 18.5 Å². The molecule has 15 heavy (non-hydrogen) atoms. The lowest BCUT2D eigenvalue weighted by atomic mass is 10.1. The molecule has 78 valence electrons. The Kier molecular flexibility index (Phi) is 2.55. The minimum atomic E-state index is 0.477. The van der Waals surface area contributed by atoms with Gasteiger partial charge in [-0.15, -0.1) is 5.10 Å². The second-order valence-corrected chi connectivity index (χ2v) is 3.69. The van der Waals surface area contributed by atoms with Gasteiger partial charge in [0, 0.05) is 31.4 Å². The summed E-state index contributed by atoms with van der Waals surface area (Å²) in [6.07, 6.45) is 3.95. The molecule has 0 fully saturated rings. The molecular weight excluding hydrogens is 214 g/mol. The van der Waals surface area contributed by atoms with E-state index in [1.54, 1.807) is 10.7 Å². The first-order chi connectivity index (χ1) is 7.15. The van der Waals surface area contributed by atoms with Gasteiger partial charge in [0.25, 0.3) is 0 Å². The number of anilines is 1. The molecular formula is C9H10ClN5. The number of hydrogen-bond donors (Lipinski definition) is 1. The minimum absolute atomic E-state index is 0.477. The normalized spacial score (nSPS) is 10.5. The zero-order chi connectivity index (χ0) is 10.8. The van der Waals surface area contributed by atoms with Crippen molar-refractivity contribution in [3.8, 4) is 0 Å². The maximum atomic E-state index is 5.83. The van der Waals surface area contributed by atoms with Crippen LogP contribution in [0.2, 0.25) is 5.02 Å². The summed E-state index contributed by atoms with van der Waals surface area (Å²) in [5.41, 5.74) is 7.42. The lowest BCUT2D eigenvalue weighted by Crippen LogP contribution is -1.98. The monoisotopic (exact) mass is 223 g/mol. The van der Waals surface area contributed by atoms with Crippen LogP contribution in [0.25, 0.3) is 0 Å². The van der Waals surface area contributed by atoms with E-state index in [1.807, 2.05) is 13.2 Å². The van der Waals surface area contributed by atoms with Crippen LogP contribution >= 0.6 is 11.6 Å². The van der Waals surface area contributed by atoms with E-state index >= 15 is 0 Å². The fraction of sp³-hybridized carbons (Fsp3) is 0.222. The second kappa shape index (κ2) is 3.86. The molecule has 0 bridgehead atoms. The predicted molar refractivity (Wildman–Crippen MR) is 57.5 cm³/mol. The Labute approximate surface area is 91.9 Å². The summed E-state index contributed by atoms with van der Waals surface area (Å²) in [5, 5.41) is 8.38. The molecule has 0 aliphatic heterocycles. The first-order valence-electron chi connectivity index (χ1n) is 4.40. The summed E-state index contributed by atoms with van der Waals surface area (Å²) >= 11 is 5.83. The number of nitrogens with two attached hydrogens (primary N) is 1. The molecule has 0 unspecified atom stereocenters. The third-order valence-electron chi connectivity index (χ3n) is 1.99. The van der Waals surface area contributed by atoms with E-state index in [-0.39, 0.29) is 0 Å². The average molecular weight is 224 g/mol. The molecule has 2 rings (SSSR count). The Hall–Kier alpha value is -1.62. The van der Waals surface area contributed by atoms with Gasteiger partial charge < -0.3 is 5.73 Å². The van der Waals surface area contributed by atoms with E-state index in [2.05, 4.69) is 15.3 Å². The van der Waals surface area contributed by atoms with E-state index in [0.717, 1.165) is 11.3 Å². The summed E-state index contributed by atoms with van der Waals surface area (Å²) in [6.45, 7) is 0. The quantitative estimate of drug-likeness (QED) is 0.826. The molecule has 0 saturated heterocycles. The van der Waals surface area contributed by atoms with Gasteiger partial charge >= 0.3 is 0 Å². The van der Waals surface area contributed by atoms with Crippen molar-refractivity contribution in [3.05, 3.63) is 34.7 Å². The molecule has 2 aromatic heterocycles. The van der Waals surface area contributed by atoms with Crippen LogP contribution < -0.4 is 5.73 Å². The summed E-state index contributed by atoms with van der Waals surface area (Å²) in [4.78, 5) is 3.97. The van der Waals surface area contributed by atoms with Crippen LogP contribution in [0.1, 0.15) is 11.3 Å². The molecule has 2 aromatic rings. The molecule has 0 atom stereocenters. The first-order valence-corrected chi connectivity index (χ1v) is 4.78. The molecule has 0 saturated carbocycles. The van der Waals surface area contributed by atoms with Gasteiger partial charge in [-0.2, -0.15) is 0 Å². The van der Waals surface area contributed by atoms with E-state index in [1.165, 1.54) is 6.20 Å². The van der Waals surface area contributed by atoms with Crippen molar-refractivity contribution in [3.63, 3.8) is 0 Å². The van der Waals surface area contributed by atoms with Crippen molar-refractivity contribution < 1.29 is 0 Å². The van der Waals surface area contributed by atoms with Gasteiger partial charge in [0.2, 0.25) is 0 Å². The molecule has 2 heterocycles. The summed E-state index contributed by atoms with van der Waals surface area (Å²) in [7, 11) is 1.82. The maximum absolute atomic E-state index is 5.83. The van der Waals surface area contributed by atoms with Gasteiger partial charge in [-0.1, -0.05) is 16.8 Å². The molecule has 0 radical (unpaired) electrons. The van der Waals surface area contributed by atoms with Gasteiger partial charge in [0.1, 0.15) is 5.82 Å². The van der Waals surface area contributed by atoms with Crippen molar-refractivity contribution in [1.82, 2.24) is 20.0 Å². The highest BCUT2D eigenvalue weighted by Gasteiger charge is 2.05. The molecule has 2 N–H and O–H groups in total. The second-order valence-electron chi connectivity index (χ2n) is 3.26. The van der Waals surface area contributed by atoms with E-state index in [0.29, 0.717) is 17.3 Å². The van der Waals surface area contributed by atoms with Crippen LogP contribution in [0.3, 0.4) is 0 Å². The van der Waals surface area contributed by atoms with Crippen LogP contribution in [0.4, 0.5) is 5.82 Å². The number of nitrogens with zero attached hydrogens (tertiary/aromatic N) is 4. The van der Waals surface area contributed by atoms with Crippen LogP contribution in [0, 0.1) is 0 Å². The number of rotatable bonds is 2. The van der Waals surface area contributed by atoms with E-state index < -0.39 is 0 Å². The Morgan fingerprint density at radius 2 is 2.33 bits per heavy atom. The predicted octanol–water partition coefficient (Wildman–Crippen LogP) is 1.04. The fourth-order valence-electron chi connectivity index (χ4n) is 1.30. The van der Waals surface area contributed by atoms with Crippen LogP contribution in [-0.2, 0) is 13.5 Å². The molecule has 0 spiro atoms. The zero-order valence-electron chi connectivity index (χ0n) is 8.18. The molecule has 6 heteroatoms. The van der Waals surface area contributed by atoms with Crippen LogP contribution in [-0.4, -0.2) is 20.0 Å². The number of nitrogen functional groups attached to an aromatic ring is 1. The topological polar surface area (TPSA) is 69.6 Å². The maximum Gasteiger partial charge on any atom is 0.127 e. The number of hydrogen-bond acceptors (Lipinski definition) is 4. The molecule has 0 aliphatic rings. The Morgan fingerprint density at radius 1 is 1.53 bits per heavy atom. The molecule has 0 aliphatic carbocycles. The van der Waals surface area contributed by atoms with E-state index in [9.17, 15) is 0 Å². The van der Waals surface area contributed by atoms with Crippen molar-refractivity contribution >= 4 is 17.4 Å². The molecule has 0 amide bonds. The van der Waals surface area contributed by atoms with Gasteiger partial charge in [-0.3, -0.25) is 4.68 Å². The first kappa shape index (κ1) is 9.92. The molecule has 0 aromatic carbocycles. The lowest BCUT2D eigenvalue weighted by molar-refractivity contribution is 0.713. The fourth-order valence-corrected chi connectivity index (χ4v) is 1.49. The number of aromatic nitrogens is 4. The van der Waals surface area contributed by atoms with Gasteiger partial charge in [-0.05, 0) is 6.07 Å². The Morgan fingerprint density at radius 3 is 3.00 bits per heavy atom. The lowest BCUT2D eigenvalue weighted by Gasteiger charge is -2.02. The highest BCUT2D eigenvalue weighted by Crippen LogP contribution is 2.17.